The van der Waals surface area contributed by atoms with Crippen molar-refractivity contribution >= 4 is 5.97 Å². The van der Waals surface area contributed by atoms with Crippen molar-refractivity contribution in [1.82, 2.24) is 0 Å². The van der Waals surface area contributed by atoms with Crippen LogP contribution in [0.25, 0.3) is 0 Å². The normalized spacial score (nSPS) is 28.3. The molecule has 0 amide bonds. The molecule has 5 atom stereocenters. The molecule has 2 nitrogen and oxygen atoms in total. The van der Waals surface area contributed by atoms with Crippen LogP contribution < -0.4 is 14.5 Å². The van der Waals surface area contributed by atoms with Gasteiger partial charge in [0, 0.05) is 0 Å². The van der Waals surface area contributed by atoms with Gasteiger partial charge in [0.15, 0.2) is 23.3 Å². The summed E-state index contributed by atoms with van der Waals surface area (Å²) in [7, 11) is 0. The van der Waals surface area contributed by atoms with E-state index in [0.29, 0.717) is 0 Å². The zero-order chi connectivity index (χ0) is 20.6. The fourth-order valence-corrected chi connectivity index (χ4v) is 5.78. The predicted octanol–water partition coefficient (Wildman–Crippen LogP) is -1.75. The topological polar surface area (TPSA) is 40.1 Å². The summed E-state index contributed by atoms with van der Waals surface area (Å²) in [6.07, 6.45) is 15.4. The average molecular weight is 470 g/mol. The number of carboxylic acid groups (broad SMARTS) is 1. The van der Waals surface area contributed by atoms with Gasteiger partial charge in [-0.15, -0.1) is 0 Å². The van der Waals surface area contributed by atoms with Gasteiger partial charge >= 0.3 is 98.3 Å². The summed E-state index contributed by atoms with van der Waals surface area (Å²) >= 11 is 2.48. The summed E-state index contributed by atoms with van der Waals surface area (Å²) in [5.41, 5.74) is -1.97. The number of hydrogen-bond donors (Lipinski definition) is 0. The van der Waals surface area contributed by atoms with Crippen LogP contribution in [-0.2, 0) is 20.4 Å². The standard InChI is InChI=1S/C13H17.C7HF5O2.2FH.Ti/c1-3-7-12-10(5-1)9-11-6-2-4-8-13(11)12;8-2-1(7(13)14)3(9)5(11)6(12)4(2)10;;;/h1,3,5,7,9-13H,2,4,6,8H2;(H,13,14);2*1H;/q;;;;+3/p-3. The van der Waals surface area contributed by atoms with Crippen LogP contribution >= 0.6 is 0 Å². The molecule has 5 unspecified atom stereocenters. The maximum absolute atomic E-state index is 12.5. The van der Waals surface area contributed by atoms with Crippen LogP contribution in [0.3, 0.4) is 0 Å². The third-order valence-electron chi connectivity index (χ3n) is 5.88. The number of fused-ring (bicyclic) bond motifs is 3. The number of carboxylic acids is 1. The van der Waals surface area contributed by atoms with E-state index in [9.17, 15) is 31.9 Å². The van der Waals surface area contributed by atoms with Crippen molar-refractivity contribution in [2.24, 2.45) is 23.7 Å². The quantitative estimate of drug-likeness (QED) is 0.212. The summed E-state index contributed by atoms with van der Waals surface area (Å²) < 4.78 is 62.9. The molecule has 0 radical (unpaired) electrons. The number of aromatic carboxylic acids is 1. The molecule has 0 bridgehead atoms. The van der Waals surface area contributed by atoms with Gasteiger partial charge in [-0.1, -0.05) is 0 Å². The van der Waals surface area contributed by atoms with Crippen LogP contribution in [0.1, 0.15) is 36.0 Å². The monoisotopic (exact) mass is 470 g/mol. The van der Waals surface area contributed by atoms with Crippen LogP contribution in [0.2, 0.25) is 4.22 Å². The summed E-state index contributed by atoms with van der Waals surface area (Å²) in [4.78, 5) is 10.0. The maximum atomic E-state index is 12.5. The average Bonchev–Trinajstić information content (AvgIpc) is 2.98. The van der Waals surface area contributed by atoms with Crippen LogP contribution in [-0.4, -0.2) is 5.97 Å². The van der Waals surface area contributed by atoms with Gasteiger partial charge in [-0.25, -0.2) is 22.0 Å². The predicted molar refractivity (Wildman–Crippen MR) is 85.0 cm³/mol. The van der Waals surface area contributed by atoms with E-state index in [2.05, 4.69) is 44.7 Å². The molecule has 2 fully saturated rings. The second kappa shape index (κ2) is 10.6. The summed E-state index contributed by atoms with van der Waals surface area (Å²) in [5.74, 6) is -10.5. The molecule has 2 saturated carbocycles. The Labute approximate surface area is 180 Å². The number of carbonyl (C=O) groups is 1. The molecule has 0 aromatic heterocycles. The molecular weight excluding hydrogens is 453 g/mol. The first-order valence-electron chi connectivity index (χ1n) is 9.04. The summed E-state index contributed by atoms with van der Waals surface area (Å²) in [6, 6.07) is 0. The van der Waals surface area contributed by atoms with Crippen molar-refractivity contribution in [3.05, 3.63) is 59.0 Å². The zero-order valence-corrected chi connectivity index (χ0v) is 17.0. The van der Waals surface area contributed by atoms with Gasteiger partial charge in [0.25, 0.3) is 0 Å². The number of hydrogen-bond acceptors (Lipinski definition) is 2. The van der Waals surface area contributed by atoms with E-state index in [-0.39, 0.29) is 9.41 Å². The number of carbonyl (C=O) groups excluding carboxylic acids is 1. The Balaban J connectivity index is 0.000000281. The molecule has 1 aromatic rings. The van der Waals surface area contributed by atoms with Gasteiger partial charge in [-0.05, 0) is 0 Å². The Hall–Kier alpha value is -1.61. The molecule has 30 heavy (non-hydrogen) atoms. The van der Waals surface area contributed by atoms with Crippen molar-refractivity contribution in [2.75, 3.05) is 0 Å². The third kappa shape index (κ3) is 4.67. The Bertz CT molecular complexity index is 814. The van der Waals surface area contributed by atoms with E-state index in [0.717, 1.165) is 27.9 Å². The Kier molecular flexibility index (Phi) is 9.35. The molecule has 0 aliphatic heterocycles. The van der Waals surface area contributed by atoms with Gasteiger partial charge < -0.3 is 19.3 Å². The second-order valence-electron chi connectivity index (χ2n) is 7.29. The van der Waals surface area contributed by atoms with Crippen molar-refractivity contribution < 1.29 is 61.7 Å². The molecule has 0 saturated heterocycles. The minimum atomic E-state index is -2.47. The Morgan fingerprint density at radius 2 is 1.23 bits per heavy atom. The van der Waals surface area contributed by atoms with Gasteiger partial charge in [0.1, 0.15) is 0 Å². The van der Waals surface area contributed by atoms with Crippen molar-refractivity contribution in [1.29, 1.82) is 0 Å². The number of allylic oxidation sites excluding steroid dienone is 4. The van der Waals surface area contributed by atoms with Crippen LogP contribution in [0.15, 0.2) is 24.3 Å². The molecule has 1 aromatic carbocycles. The van der Waals surface area contributed by atoms with E-state index in [1.54, 1.807) is 0 Å². The number of rotatable bonds is 1. The van der Waals surface area contributed by atoms with Gasteiger partial charge in [-0.2, -0.15) is 0 Å². The van der Waals surface area contributed by atoms with E-state index in [1.165, 1.54) is 25.7 Å². The molecular formula is C20H17F7O2Ti. The molecule has 10 heteroatoms. The molecule has 4 rings (SSSR count). The first kappa shape index (κ1) is 26.4. The summed E-state index contributed by atoms with van der Waals surface area (Å²) in [6.45, 7) is 0. The van der Waals surface area contributed by atoms with Gasteiger partial charge in [0.2, 0.25) is 5.82 Å². The minimum absolute atomic E-state index is 0. The molecule has 3 aliphatic rings. The Morgan fingerprint density at radius 1 is 0.800 bits per heavy atom. The van der Waals surface area contributed by atoms with Crippen molar-refractivity contribution in [3.8, 4) is 0 Å². The zero-order valence-electron chi connectivity index (χ0n) is 15.5. The fraction of sp³-hybridized carbons (Fsp3) is 0.450. The van der Waals surface area contributed by atoms with E-state index in [1.807, 2.05) is 0 Å². The van der Waals surface area contributed by atoms with E-state index < -0.39 is 40.6 Å². The second-order valence-corrected chi connectivity index (χ2v) is 8.34. The van der Waals surface area contributed by atoms with Crippen LogP contribution in [0, 0.1) is 52.8 Å². The van der Waals surface area contributed by atoms with E-state index in [4.69, 9.17) is 0 Å². The van der Waals surface area contributed by atoms with E-state index >= 15 is 0 Å². The van der Waals surface area contributed by atoms with Gasteiger partial charge in [-0.3, -0.25) is 0 Å². The Morgan fingerprint density at radius 3 is 1.73 bits per heavy atom. The molecule has 0 N–H and O–H groups in total. The summed E-state index contributed by atoms with van der Waals surface area (Å²) in [5, 5.41) is 10.0. The number of halogens is 7. The third-order valence-corrected chi connectivity index (χ3v) is 7.15. The molecule has 162 valence electrons. The number of benzene rings is 1. The molecule has 0 spiro atoms. The first-order valence-corrected chi connectivity index (χ1v) is 9.94. The first-order chi connectivity index (χ1) is 13.3. The SMILES string of the molecule is O=C([O-])c1c(F)c(F)c(F)c(F)c1F.[F-].[F-].[Ti+3][CH]1C2C=CC=CC2C2CCCCC12. The fourth-order valence-electron chi connectivity index (χ4n) is 4.61. The van der Waals surface area contributed by atoms with Crippen LogP contribution in [0.5, 0.6) is 0 Å². The van der Waals surface area contributed by atoms with Crippen molar-refractivity contribution in [3.63, 3.8) is 0 Å². The van der Waals surface area contributed by atoms with Crippen molar-refractivity contribution in [2.45, 2.75) is 29.9 Å². The molecule has 3 aliphatic carbocycles. The van der Waals surface area contributed by atoms with Gasteiger partial charge in [0.05, 0.1) is 11.5 Å². The molecule has 0 heterocycles. The van der Waals surface area contributed by atoms with Crippen LogP contribution in [0.4, 0.5) is 22.0 Å².